The molecule has 9 heteroatoms. The predicted octanol–water partition coefficient (Wildman–Crippen LogP) is 20.7. The minimum Gasteiger partial charge on any atom is -0.457 e. The number of carbonyl (C=O) groups excluding carboxylic acids is 1. The molecule has 0 rings (SSSR count). The first-order valence-corrected chi connectivity index (χ1v) is 33.8. The van der Waals surface area contributed by atoms with Crippen LogP contribution in [0.5, 0.6) is 0 Å². The number of hydrogen-bond donors (Lipinski definition) is 1. The summed E-state index contributed by atoms with van der Waals surface area (Å²) in [4.78, 5) is 23.1. The summed E-state index contributed by atoms with van der Waals surface area (Å²) in [6.45, 7) is 5.72. The number of quaternary nitrogens is 1. The average molecular weight is 1040 g/mol. The van der Waals surface area contributed by atoms with Gasteiger partial charge in [0.05, 0.1) is 34.4 Å². The summed E-state index contributed by atoms with van der Waals surface area (Å²) in [5.74, 6) is -0.302. The van der Waals surface area contributed by atoms with Crippen LogP contribution in [0.2, 0.25) is 0 Å². The van der Waals surface area contributed by atoms with Gasteiger partial charge in [-0.05, 0) is 12.8 Å². The summed E-state index contributed by atoms with van der Waals surface area (Å²) in [5.41, 5.74) is 0. The first kappa shape index (κ1) is 71.5. The second kappa shape index (κ2) is 56.7. The summed E-state index contributed by atoms with van der Waals surface area (Å²) >= 11 is 0. The van der Waals surface area contributed by atoms with Crippen molar-refractivity contribution in [2.75, 3.05) is 54.1 Å². The van der Waals surface area contributed by atoms with Crippen LogP contribution >= 0.6 is 7.82 Å². The number of phosphoric ester groups is 1. The maximum Gasteiger partial charge on any atom is 0.472 e. The fraction of sp³-hybridized carbons (Fsp3) is 0.984. The Labute approximate surface area is 450 Å². The second-order valence-corrected chi connectivity index (χ2v) is 25.0. The lowest BCUT2D eigenvalue weighted by Crippen LogP contribution is -2.37. The number of ether oxygens (including phenoxy) is 2. The minimum absolute atomic E-state index is 0.0944. The number of nitrogens with zero attached hydrogens (tertiary/aromatic N) is 1. The Morgan fingerprint density at radius 1 is 0.375 bits per heavy atom. The molecule has 0 fully saturated rings. The van der Waals surface area contributed by atoms with E-state index in [1.807, 2.05) is 21.1 Å². The van der Waals surface area contributed by atoms with Crippen molar-refractivity contribution in [1.29, 1.82) is 0 Å². The molecule has 2 atom stereocenters. The summed E-state index contributed by atoms with van der Waals surface area (Å²) in [7, 11) is 1.69. The van der Waals surface area contributed by atoms with E-state index in [4.69, 9.17) is 18.5 Å². The molecule has 8 nitrogen and oxygen atoms in total. The van der Waals surface area contributed by atoms with Gasteiger partial charge in [-0.15, -0.1) is 0 Å². The SMILES string of the molecule is CCCCCCCCCCCCCCCCCCCCCCCCCCCCCCCCCCCCCCC(=O)O[C@H](COCCCCCCCCCCCCCCCC)COP(=O)(O)OCC[N+](C)(C)C. The molecule has 0 amide bonds. The normalized spacial score (nSPS) is 13.2. The number of likely N-dealkylation sites (N-methyl/N-ethyl adjacent to an activating group) is 1. The Morgan fingerprint density at radius 3 is 0.917 bits per heavy atom. The van der Waals surface area contributed by atoms with Crippen LogP contribution in [0, 0.1) is 0 Å². The van der Waals surface area contributed by atoms with Crippen molar-refractivity contribution >= 4 is 13.8 Å². The Balaban J connectivity index is 3.79. The van der Waals surface area contributed by atoms with Gasteiger partial charge in [-0.3, -0.25) is 13.8 Å². The minimum atomic E-state index is -4.28. The van der Waals surface area contributed by atoms with Gasteiger partial charge in [0, 0.05) is 13.0 Å². The van der Waals surface area contributed by atoms with Gasteiger partial charge in [-0.2, -0.15) is 0 Å². The van der Waals surface area contributed by atoms with E-state index in [9.17, 15) is 14.3 Å². The number of rotatable bonds is 62. The fourth-order valence-corrected chi connectivity index (χ4v) is 10.7. The molecule has 0 saturated heterocycles. The zero-order valence-electron chi connectivity index (χ0n) is 49.5. The van der Waals surface area contributed by atoms with E-state index in [-0.39, 0.29) is 25.8 Å². The van der Waals surface area contributed by atoms with Crippen LogP contribution in [0.3, 0.4) is 0 Å². The number of carbonyl (C=O) groups is 1. The second-order valence-electron chi connectivity index (χ2n) is 23.5. The number of hydrogen-bond acceptors (Lipinski definition) is 6. The van der Waals surface area contributed by atoms with E-state index in [0.717, 1.165) is 32.1 Å². The average Bonchev–Trinajstić information content (AvgIpc) is 3.34. The van der Waals surface area contributed by atoms with Crippen LogP contribution in [0.1, 0.15) is 341 Å². The van der Waals surface area contributed by atoms with E-state index in [1.54, 1.807) is 0 Å². The molecule has 1 unspecified atom stereocenters. The van der Waals surface area contributed by atoms with Crippen molar-refractivity contribution < 1.29 is 37.3 Å². The number of esters is 1. The highest BCUT2D eigenvalue weighted by molar-refractivity contribution is 7.47. The van der Waals surface area contributed by atoms with Crippen molar-refractivity contribution in [2.24, 2.45) is 0 Å². The van der Waals surface area contributed by atoms with Gasteiger partial charge >= 0.3 is 13.8 Å². The molecule has 72 heavy (non-hydrogen) atoms. The Bertz CT molecular complexity index is 1120. The molecular weight excluding hydrogens is 914 g/mol. The molecule has 432 valence electrons. The monoisotopic (exact) mass is 1040 g/mol. The highest BCUT2D eigenvalue weighted by atomic mass is 31.2. The van der Waals surface area contributed by atoms with Crippen LogP contribution in [-0.4, -0.2) is 75.6 Å². The topological polar surface area (TPSA) is 91.3 Å². The molecule has 1 N–H and O–H groups in total. The summed E-state index contributed by atoms with van der Waals surface area (Å²) in [6, 6.07) is 0. The third-order valence-corrected chi connectivity index (χ3v) is 15.9. The lowest BCUT2D eigenvalue weighted by Gasteiger charge is -2.24. The Hall–Kier alpha value is -0.500. The third-order valence-electron chi connectivity index (χ3n) is 14.9. The maximum absolute atomic E-state index is 12.8. The summed E-state index contributed by atoms with van der Waals surface area (Å²) in [6.07, 6.45) is 67.8. The molecule has 0 aliphatic rings. The summed E-state index contributed by atoms with van der Waals surface area (Å²) < 4.78 is 35.3. The van der Waals surface area contributed by atoms with Gasteiger partial charge in [-0.25, -0.2) is 4.57 Å². The highest BCUT2D eigenvalue weighted by Gasteiger charge is 2.26. The molecule has 0 aromatic rings. The van der Waals surface area contributed by atoms with Crippen molar-refractivity contribution in [2.45, 2.75) is 347 Å². The molecule has 0 heterocycles. The largest absolute Gasteiger partial charge is 0.472 e. The van der Waals surface area contributed by atoms with Gasteiger partial charge in [-0.1, -0.05) is 322 Å². The van der Waals surface area contributed by atoms with E-state index >= 15 is 0 Å². The fourth-order valence-electron chi connectivity index (χ4n) is 9.97. The van der Waals surface area contributed by atoms with Gasteiger partial charge in [0.2, 0.25) is 0 Å². The zero-order valence-corrected chi connectivity index (χ0v) is 50.4. The van der Waals surface area contributed by atoms with Crippen LogP contribution in [0.25, 0.3) is 0 Å². The Kier molecular flexibility index (Phi) is 56.3. The van der Waals surface area contributed by atoms with E-state index in [2.05, 4.69) is 13.8 Å². The van der Waals surface area contributed by atoms with Gasteiger partial charge < -0.3 is 18.9 Å². The smallest absolute Gasteiger partial charge is 0.457 e. The van der Waals surface area contributed by atoms with Crippen molar-refractivity contribution in [3.63, 3.8) is 0 Å². The molecular formula is C63H129NO7P+. The quantitative estimate of drug-likeness (QED) is 0.0281. The predicted molar refractivity (Wildman–Crippen MR) is 312 cm³/mol. The van der Waals surface area contributed by atoms with Crippen molar-refractivity contribution in [3.05, 3.63) is 0 Å². The first-order valence-electron chi connectivity index (χ1n) is 32.3. The molecule has 0 aliphatic carbocycles. The first-order chi connectivity index (χ1) is 35.1. The number of phosphoric acid groups is 1. The zero-order chi connectivity index (χ0) is 52.6. The van der Waals surface area contributed by atoms with Gasteiger partial charge in [0.1, 0.15) is 19.3 Å². The van der Waals surface area contributed by atoms with Crippen molar-refractivity contribution in [3.8, 4) is 0 Å². The Morgan fingerprint density at radius 2 is 0.639 bits per heavy atom. The highest BCUT2D eigenvalue weighted by Crippen LogP contribution is 2.43. The van der Waals surface area contributed by atoms with Crippen LogP contribution in [0.15, 0.2) is 0 Å². The molecule has 0 radical (unpaired) electrons. The van der Waals surface area contributed by atoms with E-state index in [1.165, 1.54) is 289 Å². The molecule has 0 saturated carbocycles. The number of unbranched alkanes of at least 4 members (excludes halogenated alkanes) is 48. The molecule has 0 aliphatic heterocycles. The summed E-state index contributed by atoms with van der Waals surface area (Å²) in [5, 5.41) is 0. The molecule has 0 spiro atoms. The third kappa shape index (κ3) is 60.4. The molecule has 0 aromatic heterocycles. The molecule has 0 aromatic carbocycles. The van der Waals surface area contributed by atoms with E-state index in [0.29, 0.717) is 24.1 Å². The standard InChI is InChI=1S/C63H128NO7P/c1-6-8-10-12-14-16-18-20-22-23-24-25-26-27-28-29-30-31-32-33-34-35-36-37-38-39-40-41-42-43-44-46-48-50-52-54-56-63(65)71-62(61-70-72(66,67)69-59-57-64(3,4)5)60-68-58-55-53-51-49-47-45-21-19-17-15-13-11-9-7-2/h62H,6-61H2,1-5H3/p+1/t62-/m1/s1. The van der Waals surface area contributed by atoms with Gasteiger partial charge in [0.25, 0.3) is 0 Å². The lowest BCUT2D eigenvalue weighted by molar-refractivity contribution is -0.870. The van der Waals surface area contributed by atoms with E-state index < -0.39 is 13.9 Å². The van der Waals surface area contributed by atoms with Crippen LogP contribution in [-0.2, 0) is 27.9 Å². The van der Waals surface area contributed by atoms with Crippen LogP contribution < -0.4 is 0 Å². The van der Waals surface area contributed by atoms with Crippen LogP contribution in [0.4, 0.5) is 0 Å². The van der Waals surface area contributed by atoms with Gasteiger partial charge in [0.15, 0.2) is 0 Å². The molecule has 0 bridgehead atoms. The van der Waals surface area contributed by atoms with Crippen molar-refractivity contribution in [1.82, 2.24) is 0 Å². The maximum atomic E-state index is 12.8. The lowest BCUT2D eigenvalue weighted by atomic mass is 10.0.